The van der Waals surface area contributed by atoms with Gasteiger partial charge < -0.3 is 15.8 Å². The van der Waals surface area contributed by atoms with Gasteiger partial charge in [-0.1, -0.05) is 13.0 Å². The second-order valence-electron chi connectivity index (χ2n) is 3.93. The maximum Gasteiger partial charge on any atom is 0.262 e. The summed E-state index contributed by atoms with van der Waals surface area (Å²) < 4.78 is 5.36. The molecule has 0 fully saturated rings. The molecule has 1 aromatic rings. The van der Waals surface area contributed by atoms with Gasteiger partial charge in [0.15, 0.2) is 6.61 Å². The minimum absolute atomic E-state index is 0.0931. The first-order chi connectivity index (χ1) is 7.74. The number of fused-ring (bicyclic) bond motifs is 1. The van der Waals surface area contributed by atoms with E-state index in [2.05, 4.69) is 12.2 Å². The van der Waals surface area contributed by atoms with Crippen LogP contribution in [-0.4, -0.2) is 19.1 Å². The summed E-state index contributed by atoms with van der Waals surface area (Å²) in [5.41, 5.74) is 7.61. The molecule has 1 aliphatic rings. The number of amides is 1. The molecule has 1 unspecified atom stereocenters. The molecule has 1 amide bonds. The van der Waals surface area contributed by atoms with Crippen LogP contribution in [0.25, 0.3) is 0 Å². The van der Waals surface area contributed by atoms with Crippen molar-refractivity contribution < 1.29 is 9.53 Å². The molecular formula is C12H16N2O2. The van der Waals surface area contributed by atoms with Crippen LogP contribution < -0.4 is 15.8 Å². The minimum atomic E-state index is -0.105. The van der Waals surface area contributed by atoms with Crippen LogP contribution in [-0.2, 0) is 4.79 Å². The monoisotopic (exact) mass is 220 g/mol. The average molecular weight is 220 g/mol. The predicted octanol–water partition coefficient (Wildman–Crippen LogP) is 1.47. The summed E-state index contributed by atoms with van der Waals surface area (Å²) in [6, 6.07) is 5.84. The zero-order chi connectivity index (χ0) is 11.5. The van der Waals surface area contributed by atoms with Gasteiger partial charge in [-0.3, -0.25) is 4.79 Å². The van der Waals surface area contributed by atoms with E-state index in [1.807, 2.05) is 18.2 Å². The third-order valence-corrected chi connectivity index (χ3v) is 2.89. The van der Waals surface area contributed by atoms with Crippen molar-refractivity contribution in [3.05, 3.63) is 23.8 Å². The highest BCUT2D eigenvalue weighted by Crippen LogP contribution is 2.31. The number of carbonyl (C=O) groups excluding carboxylic acids is 1. The third kappa shape index (κ3) is 2.02. The molecule has 3 N–H and O–H groups in total. The van der Waals surface area contributed by atoms with Crippen LogP contribution in [0.4, 0.5) is 5.69 Å². The molecule has 86 valence electrons. The van der Waals surface area contributed by atoms with Crippen LogP contribution in [0.15, 0.2) is 18.2 Å². The molecule has 2 rings (SSSR count). The number of rotatable bonds is 3. The van der Waals surface area contributed by atoms with Crippen molar-refractivity contribution in [2.75, 3.05) is 18.5 Å². The van der Waals surface area contributed by atoms with Gasteiger partial charge in [-0.05, 0) is 36.6 Å². The quantitative estimate of drug-likeness (QED) is 0.810. The Morgan fingerprint density at radius 1 is 1.56 bits per heavy atom. The molecule has 0 aromatic heterocycles. The van der Waals surface area contributed by atoms with E-state index in [9.17, 15) is 4.79 Å². The van der Waals surface area contributed by atoms with Crippen LogP contribution >= 0.6 is 0 Å². The standard InChI is InChI=1S/C12H16N2O2/c1-2-8(6-13)9-3-4-10-11(5-9)16-7-12(15)14-10/h3-5,8H,2,6-7,13H2,1H3,(H,14,15). The van der Waals surface area contributed by atoms with Gasteiger partial charge in [-0.2, -0.15) is 0 Å². The Hall–Kier alpha value is -1.55. The van der Waals surface area contributed by atoms with Gasteiger partial charge in [-0.15, -0.1) is 0 Å². The van der Waals surface area contributed by atoms with Gasteiger partial charge in [0.25, 0.3) is 5.91 Å². The zero-order valence-electron chi connectivity index (χ0n) is 9.32. The molecule has 4 heteroatoms. The van der Waals surface area contributed by atoms with E-state index in [1.165, 1.54) is 5.56 Å². The van der Waals surface area contributed by atoms with Crippen molar-refractivity contribution in [1.82, 2.24) is 0 Å². The van der Waals surface area contributed by atoms with E-state index >= 15 is 0 Å². The van der Waals surface area contributed by atoms with E-state index in [4.69, 9.17) is 10.5 Å². The third-order valence-electron chi connectivity index (χ3n) is 2.89. The number of hydrogen-bond acceptors (Lipinski definition) is 3. The fourth-order valence-corrected chi connectivity index (χ4v) is 1.88. The SMILES string of the molecule is CCC(CN)c1ccc2c(c1)OCC(=O)N2. The Morgan fingerprint density at radius 2 is 2.38 bits per heavy atom. The predicted molar refractivity (Wildman–Crippen MR) is 62.7 cm³/mol. The second kappa shape index (κ2) is 4.53. The lowest BCUT2D eigenvalue weighted by molar-refractivity contribution is -0.118. The molecule has 0 radical (unpaired) electrons. The van der Waals surface area contributed by atoms with Crippen LogP contribution in [0.5, 0.6) is 5.75 Å². The smallest absolute Gasteiger partial charge is 0.262 e. The molecule has 0 aliphatic carbocycles. The number of hydrogen-bond donors (Lipinski definition) is 2. The maximum absolute atomic E-state index is 11.1. The lowest BCUT2D eigenvalue weighted by atomic mass is 9.96. The fraction of sp³-hybridized carbons (Fsp3) is 0.417. The molecule has 0 saturated heterocycles. The highest BCUT2D eigenvalue weighted by atomic mass is 16.5. The fourth-order valence-electron chi connectivity index (χ4n) is 1.88. The van der Waals surface area contributed by atoms with Gasteiger partial charge in [0.2, 0.25) is 0 Å². The van der Waals surface area contributed by atoms with Crippen LogP contribution in [0, 0.1) is 0 Å². The number of benzene rings is 1. The summed E-state index contributed by atoms with van der Waals surface area (Å²) in [5, 5.41) is 2.77. The van der Waals surface area contributed by atoms with Crippen molar-refractivity contribution in [1.29, 1.82) is 0 Å². The second-order valence-corrected chi connectivity index (χ2v) is 3.93. The summed E-state index contributed by atoms with van der Waals surface area (Å²) >= 11 is 0. The lowest BCUT2D eigenvalue weighted by Gasteiger charge is -2.20. The molecule has 1 heterocycles. The van der Waals surface area contributed by atoms with Gasteiger partial charge in [0, 0.05) is 0 Å². The summed E-state index contributed by atoms with van der Waals surface area (Å²) in [6.45, 7) is 2.83. The number of carbonyl (C=O) groups is 1. The van der Waals surface area contributed by atoms with Gasteiger partial charge >= 0.3 is 0 Å². The average Bonchev–Trinajstić information content (AvgIpc) is 2.31. The topological polar surface area (TPSA) is 64.3 Å². The van der Waals surface area contributed by atoms with Gasteiger partial charge in [0.1, 0.15) is 5.75 Å². The molecule has 16 heavy (non-hydrogen) atoms. The van der Waals surface area contributed by atoms with E-state index < -0.39 is 0 Å². The summed E-state index contributed by atoms with van der Waals surface area (Å²) in [4.78, 5) is 11.1. The van der Waals surface area contributed by atoms with Crippen molar-refractivity contribution in [3.63, 3.8) is 0 Å². The molecular weight excluding hydrogens is 204 g/mol. The Balaban J connectivity index is 2.28. The molecule has 1 aliphatic heterocycles. The van der Waals surface area contributed by atoms with Crippen LogP contribution in [0.3, 0.4) is 0 Å². The summed E-state index contributed by atoms with van der Waals surface area (Å²) in [5.74, 6) is 0.988. The Labute approximate surface area is 94.8 Å². The van der Waals surface area contributed by atoms with E-state index in [-0.39, 0.29) is 12.5 Å². The molecule has 1 aromatic carbocycles. The van der Waals surface area contributed by atoms with Crippen molar-refractivity contribution >= 4 is 11.6 Å². The first kappa shape index (κ1) is 11.0. The first-order valence-corrected chi connectivity index (χ1v) is 5.51. The molecule has 0 bridgehead atoms. The van der Waals surface area contributed by atoms with E-state index in [0.717, 1.165) is 17.9 Å². The highest BCUT2D eigenvalue weighted by Gasteiger charge is 2.17. The minimum Gasteiger partial charge on any atom is -0.482 e. The van der Waals surface area contributed by atoms with Crippen molar-refractivity contribution in [3.8, 4) is 5.75 Å². The van der Waals surface area contributed by atoms with Crippen LogP contribution in [0.2, 0.25) is 0 Å². The normalized spacial score (nSPS) is 16.0. The zero-order valence-corrected chi connectivity index (χ0v) is 9.32. The Kier molecular flexibility index (Phi) is 3.10. The molecule has 0 spiro atoms. The summed E-state index contributed by atoms with van der Waals surface area (Å²) in [7, 11) is 0. The highest BCUT2D eigenvalue weighted by molar-refractivity contribution is 5.95. The number of nitrogens with one attached hydrogen (secondary N) is 1. The van der Waals surface area contributed by atoms with Crippen LogP contribution in [0.1, 0.15) is 24.8 Å². The number of nitrogens with two attached hydrogens (primary N) is 1. The van der Waals surface area contributed by atoms with Crippen molar-refractivity contribution in [2.24, 2.45) is 5.73 Å². The molecule has 4 nitrogen and oxygen atoms in total. The van der Waals surface area contributed by atoms with E-state index in [1.54, 1.807) is 0 Å². The number of ether oxygens (including phenoxy) is 1. The number of anilines is 1. The van der Waals surface area contributed by atoms with Crippen molar-refractivity contribution in [2.45, 2.75) is 19.3 Å². The Morgan fingerprint density at radius 3 is 3.06 bits per heavy atom. The summed E-state index contributed by atoms with van der Waals surface area (Å²) in [6.07, 6.45) is 1.00. The Bertz CT molecular complexity index is 400. The van der Waals surface area contributed by atoms with Gasteiger partial charge in [-0.25, -0.2) is 0 Å². The molecule has 0 saturated carbocycles. The first-order valence-electron chi connectivity index (χ1n) is 5.51. The maximum atomic E-state index is 11.1. The molecule has 1 atom stereocenters. The van der Waals surface area contributed by atoms with E-state index in [0.29, 0.717) is 12.5 Å². The lowest BCUT2D eigenvalue weighted by Crippen LogP contribution is -2.25. The van der Waals surface area contributed by atoms with Gasteiger partial charge in [0.05, 0.1) is 5.69 Å². The largest absolute Gasteiger partial charge is 0.482 e.